The highest BCUT2D eigenvalue weighted by Gasteiger charge is 2.30. The SMILES string of the molecule is C1CCC(N2CCC(N3CCCC3)CC2)C1.O=C(O)C(=O)O. The molecule has 0 aromatic rings. The molecule has 0 unspecified atom stereocenters. The van der Waals surface area contributed by atoms with Crippen molar-refractivity contribution in [3.63, 3.8) is 0 Å². The molecular formula is C16H28N2O4. The van der Waals surface area contributed by atoms with E-state index in [4.69, 9.17) is 19.8 Å². The first kappa shape index (κ1) is 17.2. The lowest BCUT2D eigenvalue weighted by Crippen LogP contribution is -2.46. The van der Waals surface area contributed by atoms with Crippen molar-refractivity contribution in [2.24, 2.45) is 0 Å². The van der Waals surface area contributed by atoms with Gasteiger partial charge in [-0.15, -0.1) is 0 Å². The zero-order chi connectivity index (χ0) is 15.9. The van der Waals surface area contributed by atoms with E-state index >= 15 is 0 Å². The van der Waals surface area contributed by atoms with Gasteiger partial charge in [-0.05, 0) is 64.7 Å². The number of carboxylic acids is 2. The fourth-order valence-corrected chi connectivity index (χ4v) is 3.99. The highest BCUT2D eigenvalue weighted by atomic mass is 16.4. The van der Waals surface area contributed by atoms with Crippen molar-refractivity contribution < 1.29 is 19.8 Å². The predicted octanol–water partition coefficient (Wildman–Crippen LogP) is 1.64. The van der Waals surface area contributed by atoms with Crippen molar-refractivity contribution in [2.75, 3.05) is 26.2 Å². The van der Waals surface area contributed by atoms with Gasteiger partial charge in [0.25, 0.3) is 0 Å². The molecule has 1 aliphatic carbocycles. The van der Waals surface area contributed by atoms with Crippen molar-refractivity contribution >= 4 is 11.9 Å². The third-order valence-electron chi connectivity index (χ3n) is 5.18. The first-order valence-electron chi connectivity index (χ1n) is 8.52. The fraction of sp³-hybridized carbons (Fsp3) is 0.875. The van der Waals surface area contributed by atoms with Gasteiger partial charge in [0.15, 0.2) is 0 Å². The van der Waals surface area contributed by atoms with E-state index in [1.54, 1.807) is 0 Å². The van der Waals surface area contributed by atoms with E-state index in [2.05, 4.69) is 9.80 Å². The molecule has 0 radical (unpaired) electrons. The molecule has 3 fully saturated rings. The molecule has 2 saturated heterocycles. The summed E-state index contributed by atoms with van der Waals surface area (Å²) in [4.78, 5) is 23.7. The van der Waals surface area contributed by atoms with Crippen molar-refractivity contribution in [3.05, 3.63) is 0 Å². The summed E-state index contributed by atoms with van der Waals surface area (Å²) in [6, 6.07) is 1.89. The van der Waals surface area contributed by atoms with Gasteiger partial charge in [-0.3, -0.25) is 0 Å². The highest BCUT2D eigenvalue weighted by molar-refractivity contribution is 6.27. The van der Waals surface area contributed by atoms with Gasteiger partial charge in [-0.1, -0.05) is 12.8 Å². The number of nitrogens with zero attached hydrogens (tertiary/aromatic N) is 2. The van der Waals surface area contributed by atoms with Gasteiger partial charge in [0.05, 0.1) is 0 Å². The molecular weight excluding hydrogens is 284 g/mol. The normalized spacial score (nSPS) is 24.9. The second-order valence-corrected chi connectivity index (χ2v) is 6.56. The third-order valence-corrected chi connectivity index (χ3v) is 5.18. The maximum Gasteiger partial charge on any atom is 0.414 e. The Labute approximate surface area is 132 Å². The molecule has 22 heavy (non-hydrogen) atoms. The maximum absolute atomic E-state index is 9.10. The Balaban J connectivity index is 0.000000254. The van der Waals surface area contributed by atoms with Crippen LogP contribution in [0.2, 0.25) is 0 Å². The van der Waals surface area contributed by atoms with Crippen LogP contribution in [0.25, 0.3) is 0 Å². The van der Waals surface area contributed by atoms with Crippen LogP contribution in [0.4, 0.5) is 0 Å². The van der Waals surface area contributed by atoms with Crippen LogP contribution in [-0.2, 0) is 9.59 Å². The molecule has 126 valence electrons. The molecule has 3 aliphatic rings. The van der Waals surface area contributed by atoms with E-state index in [-0.39, 0.29) is 0 Å². The Hall–Kier alpha value is -1.14. The molecule has 6 heteroatoms. The molecule has 2 N–H and O–H groups in total. The van der Waals surface area contributed by atoms with E-state index in [1.165, 1.54) is 77.5 Å². The van der Waals surface area contributed by atoms with Gasteiger partial charge in [0.2, 0.25) is 0 Å². The molecule has 0 aromatic carbocycles. The average molecular weight is 312 g/mol. The van der Waals surface area contributed by atoms with Crippen molar-refractivity contribution in [2.45, 2.75) is 63.5 Å². The minimum absolute atomic E-state index is 0.931. The molecule has 1 saturated carbocycles. The minimum atomic E-state index is -1.82. The molecule has 0 atom stereocenters. The van der Waals surface area contributed by atoms with E-state index in [1.807, 2.05) is 0 Å². The molecule has 0 spiro atoms. The molecule has 2 heterocycles. The summed E-state index contributed by atoms with van der Waals surface area (Å²) in [7, 11) is 0. The van der Waals surface area contributed by atoms with E-state index in [0.717, 1.165) is 12.1 Å². The average Bonchev–Trinajstić information content (AvgIpc) is 3.22. The lowest BCUT2D eigenvalue weighted by molar-refractivity contribution is -0.159. The lowest BCUT2D eigenvalue weighted by atomic mass is 10.0. The second kappa shape index (κ2) is 8.48. The molecule has 2 aliphatic heterocycles. The Morgan fingerprint density at radius 1 is 0.636 bits per heavy atom. The molecule has 0 aromatic heterocycles. The lowest BCUT2D eigenvalue weighted by Gasteiger charge is -2.39. The van der Waals surface area contributed by atoms with Crippen molar-refractivity contribution in [3.8, 4) is 0 Å². The first-order chi connectivity index (χ1) is 10.6. The number of rotatable bonds is 2. The molecule has 6 nitrogen and oxygen atoms in total. The second-order valence-electron chi connectivity index (χ2n) is 6.56. The summed E-state index contributed by atoms with van der Waals surface area (Å²) in [5.41, 5.74) is 0. The van der Waals surface area contributed by atoms with E-state index in [0.29, 0.717) is 0 Å². The maximum atomic E-state index is 9.10. The van der Waals surface area contributed by atoms with Crippen molar-refractivity contribution in [1.82, 2.24) is 9.80 Å². The van der Waals surface area contributed by atoms with Gasteiger partial charge in [0, 0.05) is 12.1 Å². The van der Waals surface area contributed by atoms with Crippen LogP contribution < -0.4 is 0 Å². The monoisotopic (exact) mass is 312 g/mol. The Bertz CT molecular complexity index is 332. The highest BCUT2D eigenvalue weighted by Crippen LogP contribution is 2.28. The Kier molecular flexibility index (Phi) is 6.64. The number of carboxylic acid groups (broad SMARTS) is 2. The van der Waals surface area contributed by atoms with Crippen LogP contribution in [-0.4, -0.2) is 70.2 Å². The van der Waals surface area contributed by atoms with Gasteiger partial charge in [-0.2, -0.15) is 0 Å². The molecule has 3 rings (SSSR count). The van der Waals surface area contributed by atoms with E-state index < -0.39 is 11.9 Å². The third kappa shape index (κ3) is 4.95. The number of hydrogen-bond donors (Lipinski definition) is 2. The first-order valence-corrected chi connectivity index (χ1v) is 8.52. The standard InChI is InChI=1S/C14H26N2.C2H2O4/c1-2-6-13(5-1)16-11-7-14(8-12-16)15-9-3-4-10-15;3-1(4)2(5)6/h13-14H,1-12H2;(H,3,4)(H,5,6). The summed E-state index contributed by atoms with van der Waals surface area (Å²) in [6.45, 7) is 5.53. The molecule has 0 bridgehead atoms. The minimum Gasteiger partial charge on any atom is -0.473 e. The zero-order valence-corrected chi connectivity index (χ0v) is 13.2. The summed E-state index contributed by atoms with van der Waals surface area (Å²) < 4.78 is 0. The van der Waals surface area contributed by atoms with Gasteiger partial charge in [-0.25, -0.2) is 9.59 Å². The number of aliphatic carboxylic acids is 2. The number of hydrogen-bond acceptors (Lipinski definition) is 4. The van der Waals surface area contributed by atoms with Gasteiger partial charge in [0.1, 0.15) is 0 Å². The quantitative estimate of drug-likeness (QED) is 0.755. The number of likely N-dealkylation sites (tertiary alicyclic amines) is 2. The summed E-state index contributed by atoms with van der Waals surface area (Å²) in [5, 5.41) is 14.8. The van der Waals surface area contributed by atoms with Crippen LogP contribution in [0.5, 0.6) is 0 Å². The summed E-state index contributed by atoms with van der Waals surface area (Å²) in [5.74, 6) is -3.65. The summed E-state index contributed by atoms with van der Waals surface area (Å²) >= 11 is 0. The van der Waals surface area contributed by atoms with Crippen LogP contribution in [0.1, 0.15) is 51.4 Å². The topological polar surface area (TPSA) is 81.1 Å². The van der Waals surface area contributed by atoms with Crippen molar-refractivity contribution in [1.29, 1.82) is 0 Å². The summed E-state index contributed by atoms with van der Waals surface area (Å²) in [6.07, 6.45) is 11.7. The largest absolute Gasteiger partial charge is 0.473 e. The van der Waals surface area contributed by atoms with E-state index in [9.17, 15) is 0 Å². The van der Waals surface area contributed by atoms with Crippen LogP contribution in [0.3, 0.4) is 0 Å². The number of carbonyl (C=O) groups is 2. The van der Waals surface area contributed by atoms with Gasteiger partial charge < -0.3 is 20.0 Å². The zero-order valence-electron chi connectivity index (χ0n) is 13.2. The Morgan fingerprint density at radius 3 is 1.50 bits per heavy atom. The fourth-order valence-electron chi connectivity index (χ4n) is 3.99. The number of piperidine rings is 1. The van der Waals surface area contributed by atoms with Crippen LogP contribution in [0.15, 0.2) is 0 Å². The predicted molar refractivity (Wildman–Crippen MR) is 82.9 cm³/mol. The Morgan fingerprint density at radius 2 is 1.05 bits per heavy atom. The van der Waals surface area contributed by atoms with Gasteiger partial charge >= 0.3 is 11.9 Å². The molecule has 0 amide bonds. The van der Waals surface area contributed by atoms with Crippen LogP contribution in [0, 0.1) is 0 Å². The van der Waals surface area contributed by atoms with Crippen LogP contribution >= 0.6 is 0 Å². The smallest absolute Gasteiger partial charge is 0.414 e.